The number of nitrogen functional groups attached to an aromatic ring is 1. The summed E-state index contributed by atoms with van der Waals surface area (Å²) in [7, 11) is 0. The highest BCUT2D eigenvalue weighted by atomic mass is 19.4. The van der Waals surface area contributed by atoms with Crippen molar-refractivity contribution in [3.05, 3.63) is 36.7 Å². The molecule has 0 saturated carbocycles. The molecule has 0 bridgehead atoms. The van der Waals surface area contributed by atoms with E-state index < -0.39 is 12.8 Å². The minimum Gasteiger partial charge on any atom is -0.399 e. The van der Waals surface area contributed by atoms with Crippen molar-refractivity contribution in [2.75, 3.05) is 18.9 Å². The van der Waals surface area contributed by atoms with Gasteiger partial charge in [0, 0.05) is 17.4 Å². The van der Waals surface area contributed by atoms with E-state index >= 15 is 0 Å². The Morgan fingerprint density at radius 1 is 1.15 bits per heavy atom. The summed E-state index contributed by atoms with van der Waals surface area (Å²) in [4.78, 5) is 0. The minimum atomic E-state index is -4.29. The molecule has 0 atom stereocenters. The second-order valence-corrected chi connectivity index (χ2v) is 4.28. The number of nitrogens with two attached hydrogens (primary N) is 1. The van der Waals surface area contributed by atoms with Gasteiger partial charge in [-0.2, -0.15) is 18.3 Å². The van der Waals surface area contributed by atoms with Crippen molar-refractivity contribution < 1.29 is 17.9 Å². The van der Waals surface area contributed by atoms with Crippen LogP contribution in [0.3, 0.4) is 0 Å². The van der Waals surface area contributed by atoms with Crippen LogP contribution < -0.4 is 5.73 Å². The summed E-state index contributed by atoms with van der Waals surface area (Å²) in [6.45, 7) is -1.01. The van der Waals surface area contributed by atoms with Crippen molar-refractivity contribution in [2.24, 2.45) is 0 Å². The Hall–Kier alpha value is -2.02. The number of alkyl halides is 3. The lowest BCUT2D eigenvalue weighted by Gasteiger charge is -2.07. The summed E-state index contributed by atoms with van der Waals surface area (Å²) in [6, 6.07) is 7.27. The molecule has 0 aliphatic rings. The van der Waals surface area contributed by atoms with E-state index in [1.54, 1.807) is 29.2 Å². The molecule has 0 aliphatic heterocycles. The Labute approximate surface area is 114 Å². The van der Waals surface area contributed by atoms with E-state index in [0.29, 0.717) is 5.69 Å². The van der Waals surface area contributed by atoms with Gasteiger partial charge < -0.3 is 10.5 Å². The number of nitrogens with zero attached hydrogens (tertiary/aromatic N) is 2. The van der Waals surface area contributed by atoms with Gasteiger partial charge in [-0.3, -0.25) is 4.68 Å². The Morgan fingerprint density at radius 3 is 2.50 bits per heavy atom. The van der Waals surface area contributed by atoms with Gasteiger partial charge in [-0.05, 0) is 17.7 Å². The average molecular weight is 285 g/mol. The molecule has 0 saturated heterocycles. The van der Waals surface area contributed by atoms with Crippen LogP contribution in [0.15, 0.2) is 36.7 Å². The molecule has 2 N–H and O–H groups in total. The third-order valence-corrected chi connectivity index (χ3v) is 2.61. The van der Waals surface area contributed by atoms with E-state index in [1.165, 1.54) is 0 Å². The highest BCUT2D eigenvalue weighted by Crippen LogP contribution is 2.19. The lowest BCUT2D eigenvalue weighted by Crippen LogP contribution is -2.19. The van der Waals surface area contributed by atoms with Gasteiger partial charge >= 0.3 is 6.18 Å². The summed E-state index contributed by atoms with van der Waals surface area (Å²) in [5.74, 6) is 0. The molecule has 1 heterocycles. The highest BCUT2D eigenvalue weighted by molar-refractivity contribution is 5.63. The van der Waals surface area contributed by atoms with Gasteiger partial charge in [-0.15, -0.1) is 0 Å². The van der Waals surface area contributed by atoms with Crippen LogP contribution in [0, 0.1) is 0 Å². The monoisotopic (exact) mass is 285 g/mol. The van der Waals surface area contributed by atoms with E-state index in [2.05, 4.69) is 9.84 Å². The molecule has 0 unspecified atom stereocenters. The molecule has 4 nitrogen and oxygen atoms in total. The van der Waals surface area contributed by atoms with Crippen molar-refractivity contribution in [3.8, 4) is 11.1 Å². The second-order valence-electron chi connectivity index (χ2n) is 4.28. The third kappa shape index (κ3) is 4.27. The van der Waals surface area contributed by atoms with E-state index in [4.69, 9.17) is 5.73 Å². The van der Waals surface area contributed by atoms with Gasteiger partial charge in [0.05, 0.1) is 19.3 Å². The minimum absolute atomic E-state index is 0.0393. The maximum atomic E-state index is 11.9. The topological polar surface area (TPSA) is 53.1 Å². The molecule has 0 aliphatic carbocycles. The Balaban J connectivity index is 1.88. The maximum absolute atomic E-state index is 11.9. The average Bonchev–Trinajstić information content (AvgIpc) is 2.83. The summed E-state index contributed by atoms with van der Waals surface area (Å²) in [5, 5.41) is 4.07. The van der Waals surface area contributed by atoms with E-state index in [1.807, 2.05) is 12.1 Å². The predicted molar refractivity (Wildman–Crippen MR) is 68.9 cm³/mol. The lowest BCUT2D eigenvalue weighted by atomic mass is 10.1. The first kappa shape index (κ1) is 14.4. The van der Waals surface area contributed by atoms with E-state index in [9.17, 15) is 13.2 Å². The van der Waals surface area contributed by atoms with Crippen LogP contribution in [0.1, 0.15) is 0 Å². The zero-order valence-electron chi connectivity index (χ0n) is 10.6. The van der Waals surface area contributed by atoms with Crippen LogP contribution in [0.2, 0.25) is 0 Å². The Bertz CT molecular complexity index is 549. The number of hydrogen-bond donors (Lipinski definition) is 1. The first-order chi connectivity index (χ1) is 9.44. The van der Waals surface area contributed by atoms with Crippen molar-refractivity contribution in [1.82, 2.24) is 9.78 Å². The Kier molecular flexibility index (Phi) is 4.29. The fraction of sp³-hybridized carbons (Fsp3) is 0.308. The van der Waals surface area contributed by atoms with Crippen molar-refractivity contribution in [2.45, 2.75) is 12.7 Å². The smallest absolute Gasteiger partial charge is 0.399 e. The second kappa shape index (κ2) is 5.96. The molecule has 0 spiro atoms. The van der Waals surface area contributed by atoms with Gasteiger partial charge in [-0.25, -0.2) is 0 Å². The number of hydrogen-bond acceptors (Lipinski definition) is 3. The van der Waals surface area contributed by atoms with Crippen LogP contribution in [-0.2, 0) is 11.3 Å². The first-order valence-electron chi connectivity index (χ1n) is 5.97. The molecule has 1 aromatic heterocycles. The molecule has 0 radical (unpaired) electrons. The summed E-state index contributed by atoms with van der Waals surface area (Å²) in [5.41, 5.74) is 8.09. The number of benzene rings is 1. The zero-order chi connectivity index (χ0) is 14.6. The van der Waals surface area contributed by atoms with Gasteiger partial charge in [0.15, 0.2) is 0 Å². The number of anilines is 1. The number of ether oxygens (including phenoxy) is 1. The van der Waals surface area contributed by atoms with Crippen LogP contribution in [0.4, 0.5) is 18.9 Å². The summed E-state index contributed by atoms with van der Waals surface area (Å²) in [6.07, 6.45) is -0.892. The van der Waals surface area contributed by atoms with Crippen molar-refractivity contribution >= 4 is 5.69 Å². The lowest BCUT2D eigenvalue weighted by molar-refractivity contribution is -0.174. The van der Waals surface area contributed by atoms with Gasteiger partial charge in [0.25, 0.3) is 0 Å². The van der Waals surface area contributed by atoms with E-state index in [-0.39, 0.29) is 13.2 Å². The van der Waals surface area contributed by atoms with Crippen LogP contribution in [0.5, 0.6) is 0 Å². The quantitative estimate of drug-likeness (QED) is 0.679. The van der Waals surface area contributed by atoms with Crippen LogP contribution in [-0.4, -0.2) is 29.2 Å². The molecular formula is C13H14F3N3O. The Morgan fingerprint density at radius 2 is 1.85 bits per heavy atom. The largest absolute Gasteiger partial charge is 0.411 e. The van der Waals surface area contributed by atoms with Gasteiger partial charge in [0.2, 0.25) is 0 Å². The molecule has 0 amide bonds. The standard InChI is InChI=1S/C13H14F3N3O/c14-13(15,16)9-20-6-5-19-8-11(7-18-19)10-1-3-12(17)4-2-10/h1-4,7-8H,5-6,9,17H2. The first-order valence-corrected chi connectivity index (χ1v) is 5.97. The SMILES string of the molecule is Nc1ccc(-c2cnn(CCOCC(F)(F)F)c2)cc1. The van der Waals surface area contributed by atoms with Crippen LogP contribution >= 0.6 is 0 Å². The van der Waals surface area contributed by atoms with Crippen LogP contribution in [0.25, 0.3) is 11.1 Å². The summed E-state index contributed by atoms with van der Waals surface area (Å²) < 4.78 is 41.7. The molecule has 1 aromatic carbocycles. The van der Waals surface area contributed by atoms with Gasteiger partial charge in [-0.1, -0.05) is 12.1 Å². The molecule has 20 heavy (non-hydrogen) atoms. The molecule has 2 rings (SSSR count). The third-order valence-electron chi connectivity index (χ3n) is 2.61. The van der Waals surface area contributed by atoms with Gasteiger partial charge in [0.1, 0.15) is 6.61 Å². The zero-order valence-corrected chi connectivity index (χ0v) is 10.6. The molecule has 7 heteroatoms. The van der Waals surface area contributed by atoms with Crippen molar-refractivity contribution in [1.29, 1.82) is 0 Å². The fourth-order valence-corrected chi connectivity index (χ4v) is 1.66. The molecule has 2 aromatic rings. The predicted octanol–water partition coefficient (Wildman–Crippen LogP) is 2.71. The van der Waals surface area contributed by atoms with Crippen molar-refractivity contribution in [3.63, 3.8) is 0 Å². The number of aromatic nitrogens is 2. The molecule has 108 valence electrons. The molecular weight excluding hydrogens is 271 g/mol. The number of rotatable bonds is 5. The number of halogens is 3. The fourth-order valence-electron chi connectivity index (χ4n) is 1.66. The normalized spacial score (nSPS) is 11.8. The maximum Gasteiger partial charge on any atom is 0.411 e. The molecule has 0 fully saturated rings. The van der Waals surface area contributed by atoms with E-state index in [0.717, 1.165) is 11.1 Å². The highest BCUT2D eigenvalue weighted by Gasteiger charge is 2.27. The summed E-state index contributed by atoms with van der Waals surface area (Å²) >= 11 is 0.